The molecule has 0 radical (unpaired) electrons. The Bertz CT molecular complexity index is 867. The number of nitrogens with zero attached hydrogens (tertiary/aromatic N) is 1. The quantitative estimate of drug-likeness (QED) is 0.812. The second-order valence-electron chi connectivity index (χ2n) is 6.90. The summed E-state index contributed by atoms with van der Waals surface area (Å²) in [5, 5.41) is 2.76. The van der Waals surface area contributed by atoms with E-state index in [0.717, 1.165) is 10.0 Å². The number of rotatable bonds is 5. The minimum atomic E-state index is -3.71. The maximum Gasteiger partial charge on any atom is 0.264 e. The van der Waals surface area contributed by atoms with Gasteiger partial charge in [-0.2, -0.15) is 0 Å². The van der Waals surface area contributed by atoms with Crippen LogP contribution < -0.4 is 5.32 Å². The third kappa shape index (κ3) is 4.49. The third-order valence-corrected chi connectivity index (χ3v) is 5.71. The Kier molecular flexibility index (Phi) is 5.85. The summed E-state index contributed by atoms with van der Waals surface area (Å²) in [5.41, 5.74) is 2.21. The van der Waals surface area contributed by atoms with Gasteiger partial charge in [-0.05, 0) is 47.4 Å². The maximum absolute atomic E-state index is 12.4. The zero-order valence-electron chi connectivity index (χ0n) is 15.6. The molecule has 0 atom stereocenters. The SMILES string of the molecule is CON(C)S(=O)(=O)c1ccc(NC(=O)c2ccc(C(C)(C)C)cc2)cc1. The summed E-state index contributed by atoms with van der Waals surface area (Å²) >= 11 is 0. The summed E-state index contributed by atoms with van der Waals surface area (Å²) < 4.78 is 25.1. The van der Waals surface area contributed by atoms with E-state index in [1.165, 1.54) is 38.4 Å². The lowest BCUT2D eigenvalue weighted by Crippen LogP contribution is -2.25. The Morgan fingerprint density at radius 1 is 1.00 bits per heavy atom. The highest BCUT2D eigenvalue weighted by molar-refractivity contribution is 7.89. The van der Waals surface area contributed by atoms with Crippen LogP contribution in [-0.4, -0.2) is 33.0 Å². The van der Waals surface area contributed by atoms with E-state index in [2.05, 4.69) is 26.1 Å². The molecule has 0 aliphatic rings. The summed E-state index contributed by atoms with van der Waals surface area (Å²) in [6.45, 7) is 6.33. The Labute approximate surface area is 154 Å². The predicted octanol–water partition coefficient (Wildman–Crippen LogP) is 3.42. The van der Waals surface area contributed by atoms with Crippen LogP contribution in [0.25, 0.3) is 0 Å². The monoisotopic (exact) mass is 376 g/mol. The van der Waals surface area contributed by atoms with Gasteiger partial charge in [-0.25, -0.2) is 8.42 Å². The zero-order valence-corrected chi connectivity index (χ0v) is 16.4. The smallest absolute Gasteiger partial charge is 0.264 e. The van der Waals surface area contributed by atoms with Gasteiger partial charge in [-0.3, -0.25) is 9.63 Å². The van der Waals surface area contributed by atoms with E-state index in [1.54, 1.807) is 12.1 Å². The first-order valence-corrected chi connectivity index (χ1v) is 9.54. The van der Waals surface area contributed by atoms with Crippen molar-refractivity contribution in [3.8, 4) is 0 Å². The predicted molar refractivity (Wildman–Crippen MR) is 101 cm³/mol. The molecule has 26 heavy (non-hydrogen) atoms. The summed E-state index contributed by atoms with van der Waals surface area (Å²) in [6, 6.07) is 13.4. The van der Waals surface area contributed by atoms with Gasteiger partial charge < -0.3 is 5.32 Å². The first-order valence-electron chi connectivity index (χ1n) is 8.10. The van der Waals surface area contributed by atoms with Crippen molar-refractivity contribution in [2.45, 2.75) is 31.1 Å². The number of sulfonamides is 1. The first-order chi connectivity index (χ1) is 12.1. The molecule has 0 spiro atoms. The number of benzene rings is 2. The standard InChI is InChI=1S/C19H24N2O4S/c1-19(2,3)15-8-6-14(7-9-15)18(22)20-16-10-12-17(13-11-16)26(23,24)21(4)25-5/h6-13H,1-5H3,(H,20,22). The summed E-state index contributed by atoms with van der Waals surface area (Å²) in [5.74, 6) is -0.255. The second-order valence-corrected chi connectivity index (χ2v) is 8.84. The van der Waals surface area contributed by atoms with Gasteiger partial charge in [0.25, 0.3) is 15.9 Å². The molecule has 0 aliphatic heterocycles. The molecule has 0 saturated carbocycles. The molecular formula is C19H24N2O4S. The van der Waals surface area contributed by atoms with Gasteiger partial charge >= 0.3 is 0 Å². The van der Waals surface area contributed by atoms with E-state index in [-0.39, 0.29) is 16.2 Å². The van der Waals surface area contributed by atoms with E-state index in [4.69, 9.17) is 4.84 Å². The lowest BCUT2D eigenvalue weighted by molar-refractivity contribution is -0.0258. The highest BCUT2D eigenvalue weighted by Crippen LogP contribution is 2.23. The van der Waals surface area contributed by atoms with Crippen LogP contribution in [0, 0.1) is 0 Å². The van der Waals surface area contributed by atoms with E-state index < -0.39 is 10.0 Å². The van der Waals surface area contributed by atoms with E-state index in [1.807, 2.05) is 12.1 Å². The van der Waals surface area contributed by atoms with Gasteiger partial charge in [0.05, 0.1) is 12.0 Å². The van der Waals surface area contributed by atoms with Crippen LogP contribution in [0.5, 0.6) is 0 Å². The van der Waals surface area contributed by atoms with E-state index in [9.17, 15) is 13.2 Å². The van der Waals surface area contributed by atoms with Gasteiger partial charge in [0.2, 0.25) is 0 Å². The van der Waals surface area contributed by atoms with Crippen LogP contribution in [0.15, 0.2) is 53.4 Å². The molecule has 1 amide bonds. The lowest BCUT2D eigenvalue weighted by Gasteiger charge is -2.19. The van der Waals surface area contributed by atoms with Crippen molar-refractivity contribution in [3.63, 3.8) is 0 Å². The second kappa shape index (κ2) is 7.57. The van der Waals surface area contributed by atoms with E-state index >= 15 is 0 Å². The van der Waals surface area contributed by atoms with Crippen LogP contribution in [-0.2, 0) is 20.3 Å². The number of hydrogen-bond acceptors (Lipinski definition) is 4. The fourth-order valence-corrected chi connectivity index (χ4v) is 3.25. The Balaban J connectivity index is 2.13. The number of hydrogen-bond donors (Lipinski definition) is 1. The van der Waals surface area contributed by atoms with Crippen LogP contribution in [0.3, 0.4) is 0 Å². The molecule has 2 aromatic carbocycles. The van der Waals surface area contributed by atoms with Gasteiger partial charge in [0.15, 0.2) is 0 Å². The van der Waals surface area contributed by atoms with Crippen LogP contribution >= 0.6 is 0 Å². The number of hydroxylamine groups is 1. The summed E-state index contributed by atoms with van der Waals surface area (Å²) in [7, 11) is -1.12. The number of carbonyl (C=O) groups is 1. The van der Waals surface area contributed by atoms with Crippen molar-refractivity contribution in [1.82, 2.24) is 4.47 Å². The third-order valence-electron chi connectivity index (χ3n) is 4.02. The molecular weight excluding hydrogens is 352 g/mol. The van der Waals surface area contributed by atoms with Gasteiger partial charge in [-0.15, -0.1) is 0 Å². The molecule has 0 aromatic heterocycles. The Hall–Kier alpha value is -2.22. The number of nitrogens with one attached hydrogen (secondary N) is 1. The molecule has 0 unspecified atom stereocenters. The van der Waals surface area contributed by atoms with Crippen molar-refractivity contribution in [2.24, 2.45) is 0 Å². The Morgan fingerprint density at radius 3 is 2.00 bits per heavy atom. The molecule has 2 rings (SSSR count). The molecule has 1 N–H and O–H groups in total. The minimum absolute atomic E-state index is 0.0195. The molecule has 2 aromatic rings. The van der Waals surface area contributed by atoms with E-state index in [0.29, 0.717) is 11.3 Å². The number of carbonyl (C=O) groups excluding carboxylic acids is 1. The maximum atomic E-state index is 12.4. The number of amides is 1. The molecule has 0 heterocycles. The molecule has 0 aliphatic carbocycles. The highest BCUT2D eigenvalue weighted by Gasteiger charge is 2.20. The van der Waals surface area contributed by atoms with Crippen molar-refractivity contribution in [2.75, 3.05) is 19.5 Å². The van der Waals surface area contributed by atoms with Crippen molar-refractivity contribution >= 4 is 21.6 Å². The van der Waals surface area contributed by atoms with Crippen molar-refractivity contribution in [1.29, 1.82) is 0 Å². The fraction of sp³-hybridized carbons (Fsp3) is 0.316. The van der Waals surface area contributed by atoms with Crippen LogP contribution in [0.2, 0.25) is 0 Å². The molecule has 0 fully saturated rings. The first kappa shape index (κ1) is 20.1. The average Bonchev–Trinajstić information content (AvgIpc) is 2.60. The summed E-state index contributed by atoms with van der Waals surface area (Å²) in [6.07, 6.45) is 0. The van der Waals surface area contributed by atoms with Gasteiger partial charge in [0, 0.05) is 18.3 Å². The van der Waals surface area contributed by atoms with Crippen molar-refractivity contribution < 1.29 is 18.0 Å². The van der Waals surface area contributed by atoms with Crippen LogP contribution in [0.4, 0.5) is 5.69 Å². The zero-order chi connectivity index (χ0) is 19.5. The minimum Gasteiger partial charge on any atom is -0.322 e. The summed E-state index contributed by atoms with van der Waals surface area (Å²) in [4.78, 5) is 17.2. The topological polar surface area (TPSA) is 75.7 Å². The molecule has 0 bridgehead atoms. The molecule has 0 saturated heterocycles. The molecule has 7 heteroatoms. The highest BCUT2D eigenvalue weighted by atomic mass is 32.2. The largest absolute Gasteiger partial charge is 0.322 e. The van der Waals surface area contributed by atoms with Gasteiger partial charge in [-0.1, -0.05) is 37.4 Å². The number of anilines is 1. The fourth-order valence-electron chi connectivity index (χ4n) is 2.28. The molecule has 140 valence electrons. The molecule has 6 nitrogen and oxygen atoms in total. The lowest BCUT2D eigenvalue weighted by atomic mass is 9.87. The van der Waals surface area contributed by atoms with Gasteiger partial charge in [0.1, 0.15) is 0 Å². The average molecular weight is 376 g/mol. The normalized spacial score (nSPS) is 12.2. The van der Waals surface area contributed by atoms with Crippen molar-refractivity contribution in [3.05, 3.63) is 59.7 Å². The Morgan fingerprint density at radius 2 is 1.54 bits per heavy atom. The van der Waals surface area contributed by atoms with Crippen LogP contribution in [0.1, 0.15) is 36.7 Å².